The molecule has 3 aromatic heterocycles. The third-order valence-corrected chi connectivity index (χ3v) is 6.33. The highest BCUT2D eigenvalue weighted by Gasteiger charge is 2.28. The van der Waals surface area contributed by atoms with E-state index in [-0.39, 0.29) is 29.8 Å². The Morgan fingerprint density at radius 1 is 1.14 bits per heavy atom. The van der Waals surface area contributed by atoms with Crippen molar-refractivity contribution >= 4 is 29.7 Å². The Hall–Kier alpha value is -4.41. The van der Waals surface area contributed by atoms with E-state index in [9.17, 15) is 17.6 Å². The number of alkyl halides is 3. The van der Waals surface area contributed by atoms with Gasteiger partial charge in [0.1, 0.15) is 29.7 Å². The number of piperidine rings is 1. The summed E-state index contributed by atoms with van der Waals surface area (Å²) in [5, 5.41) is 6.88. The van der Waals surface area contributed by atoms with Crippen LogP contribution in [0.3, 0.4) is 0 Å². The number of halogens is 5. The number of nitrogens with zero attached hydrogens (tertiary/aromatic N) is 6. The highest BCUT2D eigenvalue weighted by atomic mass is 35.5. The number of hydrogen-bond acceptors (Lipinski definition) is 8. The number of anilines is 3. The molecular weight excluding hydrogens is 576 g/mol. The first kappa shape index (κ1) is 30.5. The second kappa shape index (κ2) is 13.1. The summed E-state index contributed by atoms with van der Waals surface area (Å²) in [4.78, 5) is 15.2. The van der Waals surface area contributed by atoms with Gasteiger partial charge in [0.2, 0.25) is 0 Å². The monoisotopic (exact) mass is 602 g/mol. The number of aromatic nitrogens is 5. The Labute approximate surface area is 245 Å². The van der Waals surface area contributed by atoms with Crippen LogP contribution in [0, 0.1) is 17.7 Å². The fraction of sp³-hybridized carbons (Fsp3) is 0.286. The SMILES string of the molecule is COc1cccc(F)c1-c1nccc(Nc2cc(N3CCC[C@H](N)C3)c(C#Cc3cnn(CC(F)(F)F)c3)cn2)n1.Cl. The largest absolute Gasteiger partial charge is 0.496 e. The van der Waals surface area contributed by atoms with Gasteiger partial charge in [-0.25, -0.2) is 19.3 Å². The summed E-state index contributed by atoms with van der Waals surface area (Å²) in [5.74, 6) is 6.66. The van der Waals surface area contributed by atoms with E-state index in [4.69, 9.17) is 10.5 Å². The van der Waals surface area contributed by atoms with Crippen LogP contribution < -0.4 is 20.7 Å². The third kappa shape index (κ3) is 7.45. The van der Waals surface area contributed by atoms with Gasteiger partial charge in [0.05, 0.1) is 35.7 Å². The Balaban J connectivity index is 0.00000405. The zero-order chi connectivity index (χ0) is 29.0. The van der Waals surface area contributed by atoms with Gasteiger partial charge in [-0.3, -0.25) is 4.68 Å². The van der Waals surface area contributed by atoms with E-state index in [1.807, 2.05) is 0 Å². The van der Waals surface area contributed by atoms with Crippen LogP contribution in [-0.2, 0) is 6.54 Å². The van der Waals surface area contributed by atoms with Crippen molar-refractivity contribution in [1.82, 2.24) is 24.7 Å². The molecule has 1 fully saturated rings. The molecule has 4 aromatic rings. The minimum absolute atomic E-state index is 0. The third-order valence-electron chi connectivity index (χ3n) is 6.33. The van der Waals surface area contributed by atoms with Gasteiger partial charge in [0.15, 0.2) is 5.82 Å². The maximum Gasteiger partial charge on any atom is 0.408 e. The second-order valence-electron chi connectivity index (χ2n) is 9.43. The van der Waals surface area contributed by atoms with Crippen LogP contribution >= 0.6 is 12.4 Å². The van der Waals surface area contributed by atoms with Gasteiger partial charge in [-0.1, -0.05) is 17.9 Å². The normalized spacial score (nSPS) is 14.9. The number of ether oxygens (including phenoxy) is 1. The molecule has 14 heteroatoms. The van der Waals surface area contributed by atoms with Gasteiger partial charge in [0.25, 0.3) is 0 Å². The molecule has 1 atom stereocenters. The predicted octanol–water partition coefficient (Wildman–Crippen LogP) is 4.94. The molecule has 0 unspecified atom stereocenters. The van der Waals surface area contributed by atoms with E-state index in [0.717, 1.165) is 29.8 Å². The fourth-order valence-electron chi connectivity index (χ4n) is 4.51. The van der Waals surface area contributed by atoms with E-state index in [1.165, 1.54) is 37.8 Å². The van der Waals surface area contributed by atoms with E-state index in [0.29, 0.717) is 35.1 Å². The summed E-state index contributed by atoms with van der Waals surface area (Å²) < 4.78 is 58.8. The second-order valence-corrected chi connectivity index (χ2v) is 9.43. The first-order valence-corrected chi connectivity index (χ1v) is 12.7. The fourth-order valence-corrected chi connectivity index (χ4v) is 4.51. The van der Waals surface area contributed by atoms with Gasteiger partial charge in [0, 0.05) is 43.8 Å². The van der Waals surface area contributed by atoms with Crippen molar-refractivity contribution in [3.05, 3.63) is 72.1 Å². The molecule has 0 aliphatic carbocycles. The van der Waals surface area contributed by atoms with E-state index >= 15 is 0 Å². The molecule has 220 valence electrons. The van der Waals surface area contributed by atoms with E-state index in [2.05, 4.69) is 42.1 Å². The van der Waals surface area contributed by atoms with Crippen molar-refractivity contribution in [1.29, 1.82) is 0 Å². The molecule has 0 bridgehead atoms. The van der Waals surface area contributed by atoms with Crippen LogP contribution in [0.2, 0.25) is 0 Å². The Morgan fingerprint density at radius 2 is 1.98 bits per heavy atom. The Kier molecular flexibility index (Phi) is 9.49. The maximum absolute atomic E-state index is 14.6. The molecule has 4 heterocycles. The smallest absolute Gasteiger partial charge is 0.408 e. The van der Waals surface area contributed by atoms with Crippen LogP contribution in [-0.4, -0.2) is 57.1 Å². The standard InChI is InChI=1S/C28H26F4N8O.ClH/c1-41-23-6-2-5-21(29)26(23)27-34-10-9-24(38-27)37-25-12-22(39-11-3-4-20(33)16-39)19(14-35-25)8-7-18-13-36-40(15-18)17-28(30,31)32;/h2,5-6,9-10,12-15,20H,3-4,11,16-17,33H2,1H3,(H,34,35,37,38);1H/t20-;/m0./s1. The number of nitrogens with one attached hydrogen (secondary N) is 1. The van der Waals surface area contributed by atoms with Crippen molar-refractivity contribution in [2.24, 2.45) is 5.73 Å². The number of pyridine rings is 1. The molecule has 9 nitrogen and oxygen atoms in total. The lowest BCUT2D eigenvalue weighted by Crippen LogP contribution is -2.43. The summed E-state index contributed by atoms with van der Waals surface area (Å²) in [6, 6.07) is 7.88. The Bertz CT molecular complexity index is 1600. The summed E-state index contributed by atoms with van der Waals surface area (Å²) in [6.07, 6.45) is 3.02. The molecule has 0 saturated carbocycles. The minimum Gasteiger partial charge on any atom is -0.496 e. The predicted molar refractivity (Wildman–Crippen MR) is 152 cm³/mol. The molecule has 0 radical (unpaired) electrons. The van der Waals surface area contributed by atoms with Gasteiger partial charge >= 0.3 is 6.18 Å². The molecule has 1 saturated heterocycles. The van der Waals surface area contributed by atoms with Crippen LogP contribution in [0.5, 0.6) is 5.75 Å². The maximum atomic E-state index is 14.6. The molecule has 42 heavy (non-hydrogen) atoms. The summed E-state index contributed by atoms with van der Waals surface area (Å²) >= 11 is 0. The zero-order valence-electron chi connectivity index (χ0n) is 22.4. The lowest BCUT2D eigenvalue weighted by atomic mass is 10.0. The number of methoxy groups -OCH3 is 1. The summed E-state index contributed by atoms with van der Waals surface area (Å²) in [6.45, 7) is 0.161. The van der Waals surface area contributed by atoms with E-state index in [1.54, 1.807) is 24.4 Å². The van der Waals surface area contributed by atoms with E-state index < -0.39 is 18.5 Å². The minimum atomic E-state index is -4.38. The summed E-state index contributed by atoms with van der Waals surface area (Å²) in [7, 11) is 1.44. The average molecular weight is 603 g/mol. The first-order chi connectivity index (χ1) is 19.7. The molecule has 1 aliphatic heterocycles. The molecule has 1 aromatic carbocycles. The number of benzene rings is 1. The van der Waals surface area contributed by atoms with Crippen LogP contribution in [0.15, 0.2) is 55.1 Å². The highest BCUT2D eigenvalue weighted by Crippen LogP contribution is 2.31. The number of nitrogens with two attached hydrogens (primary N) is 1. The molecule has 5 rings (SSSR count). The molecule has 1 aliphatic rings. The quantitative estimate of drug-likeness (QED) is 0.236. The van der Waals surface area contributed by atoms with Crippen molar-refractivity contribution < 1.29 is 22.3 Å². The topological polar surface area (TPSA) is 107 Å². The van der Waals surface area contributed by atoms with Crippen LogP contribution in [0.1, 0.15) is 24.0 Å². The van der Waals surface area contributed by atoms with Crippen LogP contribution in [0.25, 0.3) is 11.4 Å². The van der Waals surface area contributed by atoms with Crippen LogP contribution in [0.4, 0.5) is 34.9 Å². The Morgan fingerprint density at radius 3 is 2.74 bits per heavy atom. The molecule has 0 spiro atoms. The number of hydrogen-bond donors (Lipinski definition) is 2. The molecule has 0 amide bonds. The number of rotatable bonds is 6. The van der Waals surface area contributed by atoms with Crippen molar-refractivity contribution in [3.63, 3.8) is 0 Å². The van der Waals surface area contributed by atoms with Gasteiger partial charge < -0.3 is 20.7 Å². The molecular formula is C28H27ClF4N8O. The van der Waals surface area contributed by atoms with Gasteiger partial charge in [-0.15, -0.1) is 12.4 Å². The van der Waals surface area contributed by atoms with Crippen molar-refractivity contribution in [2.75, 3.05) is 30.4 Å². The van der Waals surface area contributed by atoms with Gasteiger partial charge in [-0.05, 0) is 31.0 Å². The average Bonchev–Trinajstić information content (AvgIpc) is 3.37. The van der Waals surface area contributed by atoms with Crippen molar-refractivity contribution in [2.45, 2.75) is 31.6 Å². The highest BCUT2D eigenvalue weighted by molar-refractivity contribution is 5.85. The molecule has 3 N–H and O–H groups in total. The lowest BCUT2D eigenvalue weighted by molar-refractivity contribution is -0.142. The summed E-state index contributed by atoms with van der Waals surface area (Å²) in [5.41, 5.74) is 8.05. The van der Waals surface area contributed by atoms with Gasteiger partial charge in [-0.2, -0.15) is 18.3 Å². The first-order valence-electron chi connectivity index (χ1n) is 12.7. The van der Waals surface area contributed by atoms with Crippen molar-refractivity contribution in [3.8, 4) is 29.0 Å². The lowest BCUT2D eigenvalue weighted by Gasteiger charge is -2.33. The zero-order valence-corrected chi connectivity index (χ0v) is 23.2.